The molecule has 3 rings (SSSR count). The summed E-state index contributed by atoms with van der Waals surface area (Å²) in [5.74, 6) is 0. The van der Waals surface area contributed by atoms with Crippen molar-refractivity contribution < 1.29 is 0 Å². The van der Waals surface area contributed by atoms with Crippen LogP contribution in [0.15, 0.2) is 53.9 Å². The number of rotatable bonds is 5. The highest BCUT2D eigenvalue weighted by Gasteiger charge is 2.18. The number of hydrogen-bond donors (Lipinski definition) is 1. The van der Waals surface area contributed by atoms with Gasteiger partial charge in [0.25, 0.3) is 0 Å². The van der Waals surface area contributed by atoms with Gasteiger partial charge in [0.05, 0.1) is 10.7 Å². The zero-order chi connectivity index (χ0) is 15.5. The predicted octanol–water partition coefficient (Wildman–Crippen LogP) is 4.56. The first kappa shape index (κ1) is 15.3. The molecule has 0 saturated heterocycles. The van der Waals surface area contributed by atoms with Gasteiger partial charge in [0.15, 0.2) is 0 Å². The average Bonchev–Trinajstić information content (AvgIpc) is 2.95. The quantitative estimate of drug-likeness (QED) is 0.743. The van der Waals surface area contributed by atoms with Gasteiger partial charge in [-0.15, -0.1) is 11.3 Å². The molecule has 0 amide bonds. The maximum Gasteiger partial charge on any atom is 0.0639 e. The molecule has 0 fully saturated rings. The van der Waals surface area contributed by atoms with Crippen molar-refractivity contribution in [1.82, 2.24) is 0 Å². The van der Waals surface area contributed by atoms with Gasteiger partial charge in [0.2, 0.25) is 0 Å². The van der Waals surface area contributed by atoms with E-state index in [1.807, 2.05) is 24.3 Å². The van der Waals surface area contributed by atoms with Gasteiger partial charge in [-0.3, -0.25) is 0 Å². The van der Waals surface area contributed by atoms with Crippen molar-refractivity contribution in [3.63, 3.8) is 0 Å². The van der Waals surface area contributed by atoms with Crippen molar-refractivity contribution in [2.24, 2.45) is 5.73 Å². The molecule has 3 aromatic rings. The van der Waals surface area contributed by atoms with Gasteiger partial charge in [-0.1, -0.05) is 41.9 Å². The number of likely N-dealkylation sites (N-methyl/N-ethyl adjacent to an activating group) is 1. The van der Waals surface area contributed by atoms with Crippen molar-refractivity contribution in [1.29, 1.82) is 0 Å². The molecule has 22 heavy (non-hydrogen) atoms. The fourth-order valence-corrected chi connectivity index (χ4v) is 4.00. The predicted molar refractivity (Wildman–Crippen MR) is 98.2 cm³/mol. The van der Waals surface area contributed by atoms with E-state index < -0.39 is 0 Å². The molecule has 0 spiro atoms. The zero-order valence-electron chi connectivity index (χ0n) is 12.5. The van der Waals surface area contributed by atoms with E-state index in [9.17, 15) is 0 Å². The second-order valence-electron chi connectivity index (χ2n) is 5.41. The molecule has 1 unspecified atom stereocenters. The molecule has 0 aliphatic heterocycles. The summed E-state index contributed by atoms with van der Waals surface area (Å²) in [6.45, 7) is 0.589. The van der Waals surface area contributed by atoms with Crippen LogP contribution in [0, 0.1) is 0 Å². The molecular formula is C18H19ClN2S. The van der Waals surface area contributed by atoms with E-state index >= 15 is 0 Å². The van der Waals surface area contributed by atoms with Crippen molar-refractivity contribution in [3.05, 3.63) is 64.5 Å². The van der Waals surface area contributed by atoms with E-state index in [2.05, 4.69) is 41.6 Å². The van der Waals surface area contributed by atoms with Crippen LogP contribution >= 0.6 is 22.9 Å². The summed E-state index contributed by atoms with van der Waals surface area (Å²) >= 11 is 8.11. The van der Waals surface area contributed by atoms with Crippen LogP contribution in [-0.2, 0) is 6.42 Å². The highest BCUT2D eigenvalue weighted by atomic mass is 35.5. The maximum atomic E-state index is 6.32. The molecule has 2 aromatic carbocycles. The lowest BCUT2D eigenvalue weighted by Gasteiger charge is -2.30. The third-order valence-corrected chi connectivity index (χ3v) is 5.40. The lowest BCUT2D eigenvalue weighted by Crippen LogP contribution is -2.39. The molecule has 0 aliphatic carbocycles. The third kappa shape index (κ3) is 2.98. The zero-order valence-corrected chi connectivity index (χ0v) is 14.1. The summed E-state index contributed by atoms with van der Waals surface area (Å²) in [4.78, 5) is 2.19. The van der Waals surface area contributed by atoms with Gasteiger partial charge >= 0.3 is 0 Å². The molecule has 0 radical (unpaired) electrons. The Hall–Kier alpha value is -1.55. The van der Waals surface area contributed by atoms with Gasteiger partial charge in [0, 0.05) is 24.3 Å². The number of para-hydroxylation sites is 1. The Morgan fingerprint density at radius 3 is 2.64 bits per heavy atom. The fourth-order valence-electron chi connectivity index (χ4n) is 2.76. The number of halogens is 1. The van der Waals surface area contributed by atoms with Gasteiger partial charge in [0.1, 0.15) is 0 Å². The van der Waals surface area contributed by atoms with E-state index in [1.165, 1.54) is 15.6 Å². The summed E-state index contributed by atoms with van der Waals surface area (Å²) in [5, 5.41) is 4.34. The van der Waals surface area contributed by atoms with Crippen LogP contribution in [0.25, 0.3) is 10.1 Å². The topological polar surface area (TPSA) is 29.3 Å². The Kier molecular flexibility index (Phi) is 4.67. The number of hydrogen-bond acceptors (Lipinski definition) is 3. The number of nitrogens with two attached hydrogens (primary N) is 1. The van der Waals surface area contributed by atoms with E-state index in [4.69, 9.17) is 17.3 Å². The molecule has 2 nitrogen and oxygen atoms in total. The Morgan fingerprint density at radius 2 is 1.86 bits per heavy atom. The standard InChI is InChI=1S/C18H19ClN2S/c1-21(17-8-4-3-7-16(17)19)14(11-20)10-13-12-22-18-9-5-2-6-15(13)18/h2-9,12,14H,10-11,20H2,1H3. The lowest BCUT2D eigenvalue weighted by atomic mass is 10.0. The van der Waals surface area contributed by atoms with Crippen LogP contribution < -0.4 is 10.6 Å². The summed E-state index contributed by atoms with van der Waals surface area (Å²) in [5.41, 5.74) is 8.42. The maximum absolute atomic E-state index is 6.32. The molecule has 2 N–H and O–H groups in total. The molecule has 0 saturated carbocycles. The van der Waals surface area contributed by atoms with Gasteiger partial charge in [-0.25, -0.2) is 0 Å². The molecule has 0 aliphatic rings. The first-order chi connectivity index (χ1) is 10.7. The van der Waals surface area contributed by atoms with E-state index in [0.29, 0.717) is 6.54 Å². The number of benzene rings is 2. The summed E-state index contributed by atoms with van der Waals surface area (Å²) in [7, 11) is 2.06. The largest absolute Gasteiger partial charge is 0.369 e. The number of anilines is 1. The SMILES string of the molecule is CN(c1ccccc1Cl)C(CN)Cc1csc2ccccc12. The van der Waals surface area contributed by atoms with Gasteiger partial charge in [-0.2, -0.15) is 0 Å². The molecule has 1 atom stereocenters. The van der Waals surface area contributed by atoms with Crippen molar-refractivity contribution in [3.8, 4) is 0 Å². The normalized spacial score (nSPS) is 12.5. The highest BCUT2D eigenvalue weighted by molar-refractivity contribution is 7.17. The van der Waals surface area contributed by atoms with Crippen LogP contribution in [0.4, 0.5) is 5.69 Å². The second kappa shape index (κ2) is 6.69. The van der Waals surface area contributed by atoms with Crippen LogP contribution in [0.2, 0.25) is 5.02 Å². The molecule has 4 heteroatoms. The Labute approximate surface area is 140 Å². The molecule has 0 bridgehead atoms. The first-order valence-electron chi connectivity index (χ1n) is 7.33. The van der Waals surface area contributed by atoms with Gasteiger partial charge < -0.3 is 10.6 Å². The van der Waals surface area contributed by atoms with Crippen LogP contribution in [0.5, 0.6) is 0 Å². The number of fused-ring (bicyclic) bond motifs is 1. The van der Waals surface area contributed by atoms with Crippen molar-refractivity contribution in [2.45, 2.75) is 12.5 Å². The van der Waals surface area contributed by atoms with E-state index in [-0.39, 0.29) is 6.04 Å². The number of thiophene rings is 1. The highest BCUT2D eigenvalue weighted by Crippen LogP contribution is 2.30. The van der Waals surface area contributed by atoms with Crippen molar-refractivity contribution >= 4 is 38.7 Å². The Balaban J connectivity index is 1.87. The molecule has 114 valence electrons. The minimum atomic E-state index is 0.220. The molecule has 1 heterocycles. The van der Waals surface area contributed by atoms with E-state index in [0.717, 1.165) is 17.1 Å². The average molecular weight is 331 g/mol. The summed E-state index contributed by atoms with van der Waals surface area (Å²) in [6, 6.07) is 16.7. The minimum Gasteiger partial charge on any atom is -0.369 e. The summed E-state index contributed by atoms with van der Waals surface area (Å²) < 4.78 is 1.33. The smallest absolute Gasteiger partial charge is 0.0639 e. The van der Waals surface area contributed by atoms with Crippen LogP contribution in [0.1, 0.15) is 5.56 Å². The Morgan fingerprint density at radius 1 is 1.14 bits per heavy atom. The van der Waals surface area contributed by atoms with E-state index in [1.54, 1.807) is 11.3 Å². The lowest BCUT2D eigenvalue weighted by molar-refractivity contribution is 0.637. The monoisotopic (exact) mass is 330 g/mol. The number of nitrogens with zero attached hydrogens (tertiary/aromatic N) is 1. The van der Waals surface area contributed by atoms with Gasteiger partial charge in [-0.05, 0) is 40.9 Å². The molecule has 1 aromatic heterocycles. The second-order valence-corrected chi connectivity index (χ2v) is 6.73. The summed E-state index contributed by atoms with van der Waals surface area (Å²) in [6.07, 6.45) is 0.919. The molecular weight excluding hydrogens is 312 g/mol. The fraction of sp³-hybridized carbons (Fsp3) is 0.222. The first-order valence-corrected chi connectivity index (χ1v) is 8.59. The third-order valence-electron chi connectivity index (χ3n) is 4.07. The minimum absolute atomic E-state index is 0.220. The van der Waals surface area contributed by atoms with Crippen LogP contribution in [-0.4, -0.2) is 19.6 Å². The Bertz CT molecular complexity index is 768. The van der Waals surface area contributed by atoms with Crippen LogP contribution in [0.3, 0.4) is 0 Å². The van der Waals surface area contributed by atoms with Crippen molar-refractivity contribution in [2.75, 3.05) is 18.5 Å².